The van der Waals surface area contributed by atoms with Crippen LogP contribution in [-0.2, 0) is 0 Å². The Morgan fingerprint density at radius 2 is 1.74 bits per heavy atom. The summed E-state index contributed by atoms with van der Waals surface area (Å²) in [5.74, 6) is 0.787. The molecule has 1 fully saturated rings. The molecular weight excluding hydrogens is 240 g/mol. The summed E-state index contributed by atoms with van der Waals surface area (Å²) in [4.78, 5) is 11.9. The Balaban J connectivity index is 1.82. The third-order valence-electron chi connectivity index (χ3n) is 3.54. The van der Waals surface area contributed by atoms with E-state index in [9.17, 15) is 4.79 Å². The fourth-order valence-electron chi connectivity index (χ4n) is 2.45. The Morgan fingerprint density at radius 1 is 1.11 bits per heavy atom. The monoisotopic (exact) mass is 262 g/mol. The van der Waals surface area contributed by atoms with Crippen molar-refractivity contribution < 1.29 is 9.53 Å². The smallest absolute Gasteiger partial charge is 0.319 e. The van der Waals surface area contributed by atoms with Crippen LogP contribution >= 0.6 is 0 Å². The number of carbonyl (C=O) groups excluding carboxylic acids is 1. The van der Waals surface area contributed by atoms with Crippen LogP contribution in [0.3, 0.4) is 0 Å². The number of methoxy groups -OCH3 is 1. The lowest BCUT2D eigenvalue weighted by atomic mass is 10.1. The Morgan fingerprint density at radius 3 is 2.32 bits per heavy atom. The molecule has 0 spiro atoms. The van der Waals surface area contributed by atoms with E-state index in [0.29, 0.717) is 6.04 Å². The van der Waals surface area contributed by atoms with Crippen molar-refractivity contribution in [1.29, 1.82) is 0 Å². The average Bonchev–Trinajstić information content (AvgIpc) is 2.68. The Hall–Kier alpha value is -1.71. The van der Waals surface area contributed by atoms with Crippen LogP contribution in [0.4, 0.5) is 10.5 Å². The molecule has 4 nitrogen and oxygen atoms in total. The number of carbonyl (C=O) groups is 1. The van der Waals surface area contributed by atoms with E-state index in [0.717, 1.165) is 24.3 Å². The Kier molecular flexibility index (Phi) is 5.07. The molecule has 0 saturated heterocycles. The molecule has 0 heterocycles. The van der Waals surface area contributed by atoms with Gasteiger partial charge in [0.2, 0.25) is 0 Å². The molecule has 0 aliphatic heterocycles. The van der Waals surface area contributed by atoms with Crippen LogP contribution in [0.1, 0.15) is 38.5 Å². The molecule has 0 radical (unpaired) electrons. The number of anilines is 1. The summed E-state index contributed by atoms with van der Waals surface area (Å²) >= 11 is 0. The minimum absolute atomic E-state index is 0.114. The van der Waals surface area contributed by atoms with E-state index in [-0.39, 0.29) is 6.03 Å². The molecule has 0 unspecified atom stereocenters. The van der Waals surface area contributed by atoms with Gasteiger partial charge < -0.3 is 15.4 Å². The van der Waals surface area contributed by atoms with Crippen molar-refractivity contribution >= 4 is 11.7 Å². The van der Waals surface area contributed by atoms with Gasteiger partial charge in [0.05, 0.1) is 7.11 Å². The number of nitrogens with one attached hydrogen (secondary N) is 2. The van der Waals surface area contributed by atoms with Gasteiger partial charge in [0.15, 0.2) is 0 Å². The van der Waals surface area contributed by atoms with E-state index in [4.69, 9.17) is 4.74 Å². The van der Waals surface area contributed by atoms with Gasteiger partial charge in [0, 0.05) is 11.7 Å². The van der Waals surface area contributed by atoms with E-state index in [2.05, 4.69) is 10.6 Å². The van der Waals surface area contributed by atoms with E-state index >= 15 is 0 Å². The number of hydrogen-bond acceptors (Lipinski definition) is 2. The maximum Gasteiger partial charge on any atom is 0.319 e. The molecule has 2 rings (SSSR count). The van der Waals surface area contributed by atoms with Crippen LogP contribution in [0, 0.1) is 0 Å². The standard InChI is InChI=1S/C15H22N2O2/c1-19-14-10-8-13(9-11-14)17-15(18)16-12-6-4-2-3-5-7-12/h8-12H,2-7H2,1H3,(H2,16,17,18). The van der Waals surface area contributed by atoms with Gasteiger partial charge in [0.1, 0.15) is 5.75 Å². The lowest BCUT2D eigenvalue weighted by Gasteiger charge is -2.16. The third kappa shape index (κ3) is 4.47. The number of urea groups is 1. The van der Waals surface area contributed by atoms with Crippen LogP contribution < -0.4 is 15.4 Å². The van der Waals surface area contributed by atoms with Gasteiger partial charge in [0.25, 0.3) is 0 Å². The van der Waals surface area contributed by atoms with Crippen LogP contribution in [0.15, 0.2) is 24.3 Å². The summed E-state index contributed by atoms with van der Waals surface area (Å²) in [5, 5.41) is 5.91. The zero-order valence-electron chi connectivity index (χ0n) is 11.4. The summed E-state index contributed by atoms with van der Waals surface area (Å²) in [6, 6.07) is 7.55. The summed E-state index contributed by atoms with van der Waals surface area (Å²) in [5.41, 5.74) is 0.784. The number of benzene rings is 1. The topological polar surface area (TPSA) is 50.4 Å². The number of amides is 2. The van der Waals surface area contributed by atoms with E-state index in [1.165, 1.54) is 25.7 Å². The quantitative estimate of drug-likeness (QED) is 0.819. The van der Waals surface area contributed by atoms with Crippen molar-refractivity contribution in [2.75, 3.05) is 12.4 Å². The Labute approximate surface area is 114 Å². The minimum Gasteiger partial charge on any atom is -0.497 e. The summed E-state index contributed by atoms with van der Waals surface area (Å²) in [6.45, 7) is 0. The molecule has 4 heteroatoms. The zero-order chi connectivity index (χ0) is 13.5. The summed E-state index contributed by atoms with van der Waals surface area (Å²) < 4.78 is 5.08. The van der Waals surface area contributed by atoms with E-state index in [1.807, 2.05) is 24.3 Å². The molecule has 2 amide bonds. The maximum atomic E-state index is 11.9. The van der Waals surface area contributed by atoms with Gasteiger partial charge in [-0.15, -0.1) is 0 Å². The van der Waals surface area contributed by atoms with Crippen LogP contribution in [0.25, 0.3) is 0 Å². The molecule has 0 bridgehead atoms. The highest BCUT2D eigenvalue weighted by Crippen LogP contribution is 2.18. The van der Waals surface area contributed by atoms with Gasteiger partial charge >= 0.3 is 6.03 Å². The zero-order valence-corrected chi connectivity index (χ0v) is 11.4. The molecule has 0 atom stereocenters. The minimum atomic E-state index is -0.114. The van der Waals surface area contributed by atoms with Gasteiger partial charge in [-0.2, -0.15) is 0 Å². The van der Waals surface area contributed by atoms with E-state index in [1.54, 1.807) is 7.11 Å². The average molecular weight is 262 g/mol. The molecule has 1 saturated carbocycles. The Bertz CT molecular complexity index is 395. The van der Waals surface area contributed by atoms with Crippen molar-refractivity contribution in [3.63, 3.8) is 0 Å². The predicted octanol–water partition coefficient (Wildman–Crippen LogP) is 3.54. The second-order valence-corrected chi connectivity index (χ2v) is 5.02. The lowest BCUT2D eigenvalue weighted by molar-refractivity contribution is 0.247. The van der Waals surface area contributed by atoms with Gasteiger partial charge in [-0.05, 0) is 37.1 Å². The molecule has 2 N–H and O–H groups in total. The highest BCUT2D eigenvalue weighted by molar-refractivity contribution is 5.89. The molecule has 1 aromatic carbocycles. The summed E-state index contributed by atoms with van der Waals surface area (Å²) in [6.07, 6.45) is 7.20. The van der Waals surface area contributed by atoms with Crippen LogP contribution in [-0.4, -0.2) is 19.2 Å². The van der Waals surface area contributed by atoms with Crippen LogP contribution in [0.2, 0.25) is 0 Å². The largest absolute Gasteiger partial charge is 0.497 e. The molecule has 1 aromatic rings. The van der Waals surface area contributed by atoms with Crippen molar-refractivity contribution in [1.82, 2.24) is 5.32 Å². The second-order valence-electron chi connectivity index (χ2n) is 5.02. The molecule has 1 aliphatic carbocycles. The lowest BCUT2D eigenvalue weighted by Crippen LogP contribution is -2.37. The van der Waals surface area contributed by atoms with Gasteiger partial charge in [-0.25, -0.2) is 4.79 Å². The van der Waals surface area contributed by atoms with Crippen molar-refractivity contribution in [2.45, 2.75) is 44.6 Å². The van der Waals surface area contributed by atoms with Crippen molar-refractivity contribution in [3.05, 3.63) is 24.3 Å². The second kappa shape index (κ2) is 7.02. The number of hydrogen-bond donors (Lipinski definition) is 2. The summed E-state index contributed by atoms with van der Waals surface area (Å²) in [7, 11) is 1.63. The first-order valence-corrected chi connectivity index (χ1v) is 6.99. The number of ether oxygens (including phenoxy) is 1. The fraction of sp³-hybridized carbons (Fsp3) is 0.533. The molecule has 19 heavy (non-hydrogen) atoms. The highest BCUT2D eigenvalue weighted by Gasteiger charge is 2.14. The first-order valence-electron chi connectivity index (χ1n) is 6.99. The van der Waals surface area contributed by atoms with Crippen molar-refractivity contribution in [3.8, 4) is 5.75 Å². The molecule has 0 aromatic heterocycles. The third-order valence-corrected chi connectivity index (χ3v) is 3.54. The fourth-order valence-corrected chi connectivity index (χ4v) is 2.45. The first kappa shape index (κ1) is 13.7. The molecule has 104 valence electrons. The van der Waals surface area contributed by atoms with Crippen molar-refractivity contribution in [2.24, 2.45) is 0 Å². The molecule has 1 aliphatic rings. The predicted molar refractivity (Wildman–Crippen MR) is 76.6 cm³/mol. The van der Waals surface area contributed by atoms with E-state index < -0.39 is 0 Å². The van der Waals surface area contributed by atoms with Gasteiger partial charge in [-0.1, -0.05) is 25.7 Å². The van der Waals surface area contributed by atoms with Gasteiger partial charge in [-0.3, -0.25) is 0 Å². The highest BCUT2D eigenvalue weighted by atomic mass is 16.5. The first-order chi connectivity index (χ1) is 9.28. The number of rotatable bonds is 3. The molecular formula is C15H22N2O2. The maximum absolute atomic E-state index is 11.9. The SMILES string of the molecule is COc1ccc(NC(=O)NC2CCCCCC2)cc1. The normalized spacial score (nSPS) is 16.5. The van der Waals surface area contributed by atoms with Crippen LogP contribution in [0.5, 0.6) is 5.75 Å².